The lowest BCUT2D eigenvalue weighted by Gasteiger charge is -1.96. The SMILES string of the molecule is Cc1nc(N)sc1-c1nc(Cc2cccc(Cl)c2)no1. The van der Waals surface area contributed by atoms with Gasteiger partial charge in [-0.3, -0.25) is 0 Å². The molecule has 5 nitrogen and oxygen atoms in total. The number of aromatic nitrogens is 3. The van der Waals surface area contributed by atoms with Gasteiger partial charge in [-0.25, -0.2) is 4.98 Å². The number of rotatable bonds is 3. The molecule has 102 valence electrons. The number of aryl methyl sites for hydroxylation is 1. The quantitative estimate of drug-likeness (QED) is 0.803. The molecule has 0 aliphatic carbocycles. The number of nitrogens with zero attached hydrogens (tertiary/aromatic N) is 3. The third-order valence-electron chi connectivity index (χ3n) is 2.73. The maximum Gasteiger partial charge on any atom is 0.270 e. The fourth-order valence-corrected chi connectivity index (χ4v) is 2.83. The van der Waals surface area contributed by atoms with Gasteiger partial charge in [0, 0.05) is 11.4 Å². The Morgan fingerprint density at radius 1 is 1.35 bits per heavy atom. The first-order chi connectivity index (χ1) is 9.61. The van der Waals surface area contributed by atoms with E-state index in [9.17, 15) is 0 Å². The molecule has 2 heterocycles. The summed E-state index contributed by atoms with van der Waals surface area (Å²) in [4.78, 5) is 9.33. The predicted octanol–water partition coefficient (Wildman–Crippen LogP) is 3.33. The van der Waals surface area contributed by atoms with Crippen LogP contribution in [0.15, 0.2) is 28.8 Å². The van der Waals surface area contributed by atoms with Crippen LogP contribution in [0.1, 0.15) is 17.1 Å². The summed E-state index contributed by atoms with van der Waals surface area (Å²) in [5.74, 6) is 1.06. The first-order valence-corrected chi connectivity index (χ1v) is 7.11. The van der Waals surface area contributed by atoms with Crippen LogP contribution in [0.4, 0.5) is 5.13 Å². The van der Waals surface area contributed by atoms with E-state index in [0.717, 1.165) is 16.1 Å². The minimum atomic E-state index is 0.453. The summed E-state index contributed by atoms with van der Waals surface area (Å²) in [7, 11) is 0. The Labute approximate surface area is 124 Å². The van der Waals surface area contributed by atoms with Crippen molar-refractivity contribution < 1.29 is 4.52 Å². The average Bonchev–Trinajstić information content (AvgIpc) is 2.96. The molecule has 2 aromatic heterocycles. The summed E-state index contributed by atoms with van der Waals surface area (Å²) in [6.45, 7) is 1.86. The Kier molecular flexibility index (Phi) is 3.42. The monoisotopic (exact) mass is 306 g/mol. The molecule has 7 heteroatoms. The second-order valence-corrected chi connectivity index (χ2v) is 5.76. The van der Waals surface area contributed by atoms with Gasteiger partial charge in [-0.15, -0.1) is 0 Å². The fraction of sp³-hybridized carbons (Fsp3) is 0.154. The van der Waals surface area contributed by atoms with Crippen LogP contribution in [0.25, 0.3) is 10.8 Å². The summed E-state index contributed by atoms with van der Waals surface area (Å²) in [6.07, 6.45) is 0.567. The molecular formula is C13H11ClN4OS. The minimum Gasteiger partial charge on any atom is -0.375 e. The summed E-state index contributed by atoms with van der Waals surface area (Å²) >= 11 is 7.29. The Bertz CT molecular complexity index is 752. The molecule has 0 radical (unpaired) electrons. The Hall–Kier alpha value is -1.92. The van der Waals surface area contributed by atoms with E-state index in [1.54, 1.807) is 0 Å². The second kappa shape index (κ2) is 5.22. The summed E-state index contributed by atoms with van der Waals surface area (Å²) in [5, 5.41) is 5.16. The van der Waals surface area contributed by atoms with E-state index in [4.69, 9.17) is 21.9 Å². The normalized spacial score (nSPS) is 10.9. The van der Waals surface area contributed by atoms with E-state index < -0.39 is 0 Å². The van der Waals surface area contributed by atoms with Crippen LogP contribution in [0.5, 0.6) is 0 Å². The van der Waals surface area contributed by atoms with Crippen LogP contribution in [-0.2, 0) is 6.42 Å². The number of thiazole rings is 1. The van der Waals surface area contributed by atoms with Gasteiger partial charge in [0.1, 0.15) is 4.88 Å². The van der Waals surface area contributed by atoms with Gasteiger partial charge in [0.05, 0.1) is 5.69 Å². The molecule has 0 aliphatic rings. The fourth-order valence-electron chi connectivity index (χ4n) is 1.86. The van der Waals surface area contributed by atoms with Gasteiger partial charge in [-0.2, -0.15) is 4.98 Å². The number of hydrogen-bond donors (Lipinski definition) is 1. The molecule has 2 N–H and O–H groups in total. The second-order valence-electron chi connectivity index (χ2n) is 4.29. The summed E-state index contributed by atoms with van der Waals surface area (Å²) < 4.78 is 5.27. The molecule has 20 heavy (non-hydrogen) atoms. The molecule has 3 aromatic rings. The van der Waals surface area contributed by atoms with E-state index in [1.165, 1.54) is 11.3 Å². The van der Waals surface area contributed by atoms with E-state index >= 15 is 0 Å². The molecule has 0 bridgehead atoms. The highest BCUT2D eigenvalue weighted by molar-refractivity contribution is 7.18. The molecule has 0 amide bonds. The maximum atomic E-state index is 5.95. The predicted molar refractivity (Wildman–Crippen MR) is 78.8 cm³/mol. The number of nitrogen functional groups attached to an aromatic ring is 1. The molecule has 0 saturated carbocycles. The summed E-state index contributed by atoms with van der Waals surface area (Å²) in [6, 6.07) is 7.58. The zero-order valence-corrected chi connectivity index (χ0v) is 12.2. The lowest BCUT2D eigenvalue weighted by molar-refractivity contribution is 0.424. The Morgan fingerprint density at radius 3 is 2.90 bits per heavy atom. The van der Waals surface area contributed by atoms with Crippen molar-refractivity contribution >= 4 is 28.1 Å². The van der Waals surface area contributed by atoms with Gasteiger partial charge in [-0.1, -0.05) is 40.2 Å². The lowest BCUT2D eigenvalue weighted by Crippen LogP contribution is -1.90. The molecule has 3 rings (SSSR count). The van der Waals surface area contributed by atoms with Gasteiger partial charge in [-0.05, 0) is 24.6 Å². The van der Waals surface area contributed by atoms with Gasteiger partial charge < -0.3 is 10.3 Å². The number of benzene rings is 1. The number of hydrogen-bond acceptors (Lipinski definition) is 6. The van der Waals surface area contributed by atoms with Crippen molar-refractivity contribution in [2.75, 3.05) is 5.73 Å². The third-order valence-corrected chi connectivity index (χ3v) is 3.94. The number of anilines is 1. The number of halogens is 1. The van der Waals surface area contributed by atoms with Crippen LogP contribution in [0, 0.1) is 6.92 Å². The first kappa shape index (κ1) is 13.1. The molecule has 0 saturated heterocycles. The van der Waals surface area contributed by atoms with Crippen LogP contribution < -0.4 is 5.73 Å². The summed E-state index contributed by atoms with van der Waals surface area (Å²) in [5.41, 5.74) is 7.50. The van der Waals surface area contributed by atoms with Crippen LogP contribution in [-0.4, -0.2) is 15.1 Å². The highest BCUT2D eigenvalue weighted by atomic mass is 35.5. The van der Waals surface area contributed by atoms with Crippen molar-refractivity contribution in [3.63, 3.8) is 0 Å². The van der Waals surface area contributed by atoms with Crippen molar-refractivity contribution in [2.24, 2.45) is 0 Å². The minimum absolute atomic E-state index is 0.453. The van der Waals surface area contributed by atoms with E-state index in [0.29, 0.717) is 28.3 Å². The maximum absolute atomic E-state index is 5.95. The largest absolute Gasteiger partial charge is 0.375 e. The zero-order chi connectivity index (χ0) is 14.1. The van der Waals surface area contributed by atoms with E-state index in [1.807, 2.05) is 31.2 Å². The zero-order valence-electron chi connectivity index (χ0n) is 10.6. The smallest absolute Gasteiger partial charge is 0.270 e. The van der Waals surface area contributed by atoms with E-state index in [-0.39, 0.29) is 0 Å². The van der Waals surface area contributed by atoms with Gasteiger partial charge in [0.15, 0.2) is 11.0 Å². The molecular weight excluding hydrogens is 296 g/mol. The standard InChI is InChI=1S/C13H11ClN4OS/c1-7-11(20-13(15)16-7)12-17-10(18-19-12)6-8-3-2-4-9(14)5-8/h2-5H,6H2,1H3,(H2,15,16). The molecule has 0 fully saturated rings. The Balaban J connectivity index is 1.85. The van der Waals surface area contributed by atoms with Crippen molar-refractivity contribution in [3.8, 4) is 10.8 Å². The lowest BCUT2D eigenvalue weighted by atomic mass is 10.1. The topological polar surface area (TPSA) is 77.8 Å². The van der Waals surface area contributed by atoms with Crippen LogP contribution in [0.3, 0.4) is 0 Å². The highest BCUT2D eigenvalue weighted by Gasteiger charge is 2.15. The highest BCUT2D eigenvalue weighted by Crippen LogP contribution is 2.30. The molecule has 0 unspecified atom stereocenters. The number of nitrogens with two attached hydrogens (primary N) is 1. The van der Waals surface area contributed by atoms with Crippen molar-refractivity contribution in [1.82, 2.24) is 15.1 Å². The van der Waals surface area contributed by atoms with Gasteiger partial charge >= 0.3 is 0 Å². The Morgan fingerprint density at radius 2 is 2.20 bits per heavy atom. The first-order valence-electron chi connectivity index (χ1n) is 5.92. The third kappa shape index (κ3) is 2.66. The average molecular weight is 307 g/mol. The molecule has 1 aromatic carbocycles. The van der Waals surface area contributed by atoms with Crippen molar-refractivity contribution in [3.05, 3.63) is 46.4 Å². The molecule has 0 atom stereocenters. The van der Waals surface area contributed by atoms with Crippen LogP contribution in [0.2, 0.25) is 5.02 Å². The van der Waals surface area contributed by atoms with Crippen molar-refractivity contribution in [1.29, 1.82) is 0 Å². The van der Waals surface area contributed by atoms with Crippen molar-refractivity contribution in [2.45, 2.75) is 13.3 Å². The molecule has 0 spiro atoms. The van der Waals surface area contributed by atoms with Crippen LogP contribution >= 0.6 is 22.9 Å². The van der Waals surface area contributed by atoms with Gasteiger partial charge in [0.25, 0.3) is 5.89 Å². The van der Waals surface area contributed by atoms with Gasteiger partial charge in [0.2, 0.25) is 0 Å². The van der Waals surface area contributed by atoms with E-state index in [2.05, 4.69) is 15.1 Å². The molecule has 0 aliphatic heterocycles.